The summed E-state index contributed by atoms with van der Waals surface area (Å²) in [7, 11) is 8.66. The second kappa shape index (κ2) is 11.7. The van der Waals surface area contributed by atoms with Crippen LogP contribution in [0.4, 0.5) is 5.69 Å². The number of fused-ring (bicyclic) bond motifs is 2. The van der Waals surface area contributed by atoms with Gasteiger partial charge in [0, 0.05) is 37.0 Å². The zero-order valence-electron chi connectivity index (χ0n) is 20.9. The molecule has 0 aliphatic carbocycles. The fourth-order valence-electron chi connectivity index (χ4n) is 4.43. The van der Waals surface area contributed by atoms with Crippen molar-refractivity contribution in [2.75, 3.05) is 52.7 Å². The molecule has 2 aromatic carbocycles. The molecule has 0 amide bonds. The van der Waals surface area contributed by atoms with E-state index in [9.17, 15) is 0 Å². The number of aryl methyl sites for hydroxylation is 1. The van der Waals surface area contributed by atoms with E-state index in [0.717, 1.165) is 32.6 Å². The number of benzene rings is 2. The highest BCUT2D eigenvalue weighted by molar-refractivity contribution is 8.03. The summed E-state index contributed by atoms with van der Waals surface area (Å²) in [5.41, 5.74) is 3.83. The SMILES string of the molecule is CN(C)CCCN(C)CCC[n+]1ccc(/C=C/C=C2\Sc3ccccc3N2C)c2ccccc21. The number of rotatable bonds is 10. The number of aromatic nitrogens is 1. The van der Waals surface area contributed by atoms with Gasteiger partial charge in [-0.15, -0.1) is 0 Å². The Labute approximate surface area is 209 Å². The summed E-state index contributed by atoms with van der Waals surface area (Å²) >= 11 is 1.83. The predicted molar refractivity (Wildman–Crippen MR) is 147 cm³/mol. The zero-order valence-corrected chi connectivity index (χ0v) is 21.8. The Hall–Kier alpha value is -2.60. The number of hydrogen-bond donors (Lipinski definition) is 0. The minimum atomic E-state index is 1.03. The van der Waals surface area contributed by atoms with Gasteiger partial charge in [0.2, 0.25) is 5.52 Å². The maximum absolute atomic E-state index is 2.45. The second-order valence-electron chi connectivity index (χ2n) is 9.29. The highest BCUT2D eigenvalue weighted by atomic mass is 32.2. The number of para-hydroxylation sites is 2. The van der Waals surface area contributed by atoms with E-state index < -0.39 is 0 Å². The summed E-state index contributed by atoms with van der Waals surface area (Å²) in [5, 5.41) is 2.55. The highest BCUT2D eigenvalue weighted by Gasteiger charge is 2.20. The molecule has 0 unspecified atom stereocenters. The molecule has 0 atom stereocenters. The summed E-state index contributed by atoms with van der Waals surface area (Å²) in [6.45, 7) is 4.46. The maximum Gasteiger partial charge on any atom is 0.213 e. The first kappa shape index (κ1) is 24.5. The van der Waals surface area contributed by atoms with E-state index in [4.69, 9.17) is 0 Å². The van der Waals surface area contributed by atoms with Crippen LogP contribution in [0.1, 0.15) is 18.4 Å². The molecular weight excluding hydrogens is 436 g/mol. The second-order valence-corrected chi connectivity index (χ2v) is 10.4. The molecule has 0 saturated carbocycles. The molecule has 1 aliphatic heterocycles. The minimum Gasteiger partial charge on any atom is -0.338 e. The third kappa shape index (κ3) is 6.09. The molecule has 0 fully saturated rings. The summed E-state index contributed by atoms with van der Waals surface area (Å²) in [6, 6.07) is 19.6. The lowest BCUT2D eigenvalue weighted by Crippen LogP contribution is -2.36. The standard InChI is InChI=1S/C29H37N4S/c1-30(2)19-10-20-31(3)21-11-22-33-23-18-24(25-13-5-6-14-26(25)33)12-9-17-29-32(4)27-15-7-8-16-28(27)34-29/h5-9,12-18,23H,10-11,19-22H2,1-4H3/q+1. The van der Waals surface area contributed by atoms with Crippen LogP contribution < -0.4 is 9.47 Å². The molecule has 0 saturated heterocycles. The number of anilines is 1. The maximum atomic E-state index is 2.45. The lowest BCUT2D eigenvalue weighted by Gasteiger charge is -2.17. The average Bonchev–Trinajstić information content (AvgIpc) is 3.15. The van der Waals surface area contributed by atoms with Crippen molar-refractivity contribution in [2.45, 2.75) is 24.3 Å². The first-order valence-electron chi connectivity index (χ1n) is 12.2. The molecule has 34 heavy (non-hydrogen) atoms. The van der Waals surface area contributed by atoms with E-state index in [2.05, 4.69) is 126 Å². The monoisotopic (exact) mass is 473 g/mol. The molecule has 0 radical (unpaired) electrons. The fourth-order valence-corrected chi connectivity index (χ4v) is 5.49. The molecule has 2 heterocycles. The Morgan fingerprint density at radius 3 is 2.50 bits per heavy atom. The molecule has 178 valence electrons. The lowest BCUT2D eigenvalue weighted by atomic mass is 10.1. The van der Waals surface area contributed by atoms with Gasteiger partial charge in [0.25, 0.3) is 0 Å². The molecule has 4 rings (SSSR count). The zero-order chi connectivity index (χ0) is 23.9. The summed E-state index contributed by atoms with van der Waals surface area (Å²) < 4.78 is 2.40. The van der Waals surface area contributed by atoms with Gasteiger partial charge in [-0.25, -0.2) is 0 Å². The highest BCUT2D eigenvalue weighted by Crippen LogP contribution is 2.44. The molecule has 1 aromatic heterocycles. The van der Waals surface area contributed by atoms with Crippen molar-refractivity contribution < 1.29 is 4.57 Å². The van der Waals surface area contributed by atoms with Gasteiger partial charge in [-0.05, 0) is 70.5 Å². The third-order valence-corrected chi connectivity index (χ3v) is 7.51. The number of allylic oxidation sites excluding steroid dienone is 2. The van der Waals surface area contributed by atoms with Gasteiger partial charge in [0.1, 0.15) is 6.54 Å². The van der Waals surface area contributed by atoms with Crippen LogP contribution in [0.15, 0.2) is 82.9 Å². The van der Waals surface area contributed by atoms with Crippen LogP contribution in [0.5, 0.6) is 0 Å². The quantitative estimate of drug-likeness (QED) is 0.361. The molecule has 0 N–H and O–H groups in total. The minimum absolute atomic E-state index is 1.03. The van der Waals surface area contributed by atoms with Crippen LogP contribution in [0, 0.1) is 0 Å². The molecule has 1 aliphatic rings. The number of nitrogens with zero attached hydrogens (tertiary/aromatic N) is 4. The number of hydrogen-bond acceptors (Lipinski definition) is 4. The smallest absolute Gasteiger partial charge is 0.213 e. The number of pyridine rings is 1. The Kier molecular flexibility index (Phi) is 8.44. The van der Waals surface area contributed by atoms with E-state index in [-0.39, 0.29) is 0 Å². The van der Waals surface area contributed by atoms with E-state index in [0.29, 0.717) is 0 Å². The molecular formula is C29H37N4S+. The summed E-state index contributed by atoms with van der Waals surface area (Å²) in [5.74, 6) is 0. The van der Waals surface area contributed by atoms with Crippen LogP contribution in [-0.4, -0.2) is 57.6 Å². The fraction of sp³-hybridized carbons (Fsp3) is 0.345. The average molecular weight is 474 g/mol. The first-order chi connectivity index (χ1) is 16.5. The Morgan fingerprint density at radius 2 is 1.68 bits per heavy atom. The van der Waals surface area contributed by atoms with Gasteiger partial charge in [-0.3, -0.25) is 0 Å². The topological polar surface area (TPSA) is 13.6 Å². The molecule has 4 nitrogen and oxygen atoms in total. The van der Waals surface area contributed by atoms with Crippen molar-refractivity contribution in [3.05, 3.63) is 83.5 Å². The van der Waals surface area contributed by atoms with Crippen molar-refractivity contribution in [1.29, 1.82) is 0 Å². The van der Waals surface area contributed by atoms with Gasteiger partial charge in [0.05, 0.1) is 16.1 Å². The molecule has 3 aromatic rings. The van der Waals surface area contributed by atoms with E-state index in [1.807, 2.05) is 11.8 Å². The van der Waals surface area contributed by atoms with Crippen LogP contribution in [0.3, 0.4) is 0 Å². The third-order valence-electron chi connectivity index (χ3n) is 6.33. The molecule has 5 heteroatoms. The van der Waals surface area contributed by atoms with Crippen molar-refractivity contribution in [1.82, 2.24) is 9.80 Å². The summed E-state index contributed by atoms with van der Waals surface area (Å²) in [6.07, 6.45) is 11.2. The lowest BCUT2D eigenvalue weighted by molar-refractivity contribution is -0.671. The van der Waals surface area contributed by atoms with Crippen LogP contribution >= 0.6 is 11.8 Å². The van der Waals surface area contributed by atoms with E-state index in [1.54, 1.807) is 0 Å². The van der Waals surface area contributed by atoms with Gasteiger partial charge < -0.3 is 14.7 Å². The number of thioether (sulfide) groups is 1. The Bertz CT molecular complexity index is 1170. The van der Waals surface area contributed by atoms with Crippen LogP contribution in [-0.2, 0) is 6.54 Å². The first-order valence-corrected chi connectivity index (χ1v) is 13.0. The Balaban J connectivity index is 1.41. The van der Waals surface area contributed by atoms with Crippen LogP contribution in [0.2, 0.25) is 0 Å². The van der Waals surface area contributed by atoms with Crippen molar-refractivity contribution in [3.63, 3.8) is 0 Å². The van der Waals surface area contributed by atoms with Crippen molar-refractivity contribution in [3.8, 4) is 0 Å². The van der Waals surface area contributed by atoms with Gasteiger partial charge in [0.15, 0.2) is 6.20 Å². The Morgan fingerprint density at radius 1 is 0.912 bits per heavy atom. The van der Waals surface area contributed by atoms with Gasteiger partial charge in [-0.1, -0.05) is 48.2 Å². The van der Waals surface area contributed by atoms with Gasteiger partial charge in [-0.2, -0.15) is 4.57 Å². The molecule has 0 spiro atoms. The van der Waals surface area contributed by atoms with Crippen molar-refractivity contribution >= 4 is 34.4 Å². The normalized spacial score (nSPS) is 14.9. The van der Waals surface area contributed by atoms with Crippen molar-refractivity contribution in [2.24, 2.45) is 0 Å². The van der Waals surface area contributed by atoms with E-state index >= 15 is 0 Å². The molecule has 0 bridgehead atoms. The largest absolute Gasteiger partial charge is 0.338 e. The summed E-state index contributed by atoms with van der Waals surface area (Å²) in [4.78, 5) is 8.29. The van der Waals surface area contributed by atoms with E-state index in [1.165, 1.54) is 38.5 Å². The van der Waals surface area contributed by atoms with Gasteiger partial charge >= 0.3 is 0 Å². The van der Waals surface area contributed by atoms with Crippen LogP contribution in [0.25, 0.3) is 17.0 Å². The predicted octanol–water partition coefficient (Wildman–Crippen LogP) is 5.50.